The molecule has 0 spiro atoms. The maximum absolute atomic E-state index is 9.98. The summed E-state index contributed by atoms with van der Waals surface area (Å²) in [5, 5.41) is 9.98. The molecule has 3 nitrogen and oxygen atoms in total. The van der Waals surface area contributed by atoms with Crippen LogP contribution < -0.4 is 0 Å². The van der Waals surface area contributed by atoms with Crippen LogP contribution in [0.2, 0.25) is 0 Å². The first-order valence-electron chi connectivity index (χ1n) is 6.65. The van der Waals surface area contributed by atoms with Crippen molar-refractivity contribution in [2.45, 2.75) is 70.7 Å². The molecule has 1 fully saturated rings. The van der Waals surface area contributed by atoms with Gasteiger partial charge in [-0.2, -0.15) is 0 Å². The van der Waals surface area contributed by atoms with Gasteiger partial charge in [0.2, 0.25) is 0 Å². The van der Waals surface area contributed by atoms with Crippen molar-refractivity contribution in [3.8, 4) is 0 Å². The summed E-state index contributed by atoms with van der Waals surface area (Å²) in [4.78, 5) is 0. The van der Waals surface area contributed by atoms with Crippen LogP contribution in [-0.4, -0.2) is 36.6 Å². The number of hydrogen-bond acceptors (Lipinski definition) is 3. The van der Waals surface area contributed by atoms with E-state index in [4.69, 9.17) is 9.47 Å². The van der Waals surface area contributed by atoms with Gasteiger partial charge in [0, 0.05) is 6.61 Å². The molecule has 1 saturated carbocycles. The predicted molar refractivity (Wildman–Crippen MR) is 64.5 cm³/mol. The van der Waals surface area contributed by atoms with Crippen molar-refractivity contribution in [3.05, 3.63) is 0 Å². The largest absolute Gasteiger partial charge is 0.390 e. The molecule has 0 aromatic heterocycles. The predicted octanol–water partition coefficient (Wildman–Crippen LogP) is 2.51. The zero-order valence-corrected chi connectivity index (χ0v) is 10.7. The van der Waals surface area contributed by atoms with Crippen LogP contribution in [0.5, 0.6) is 0 Å². The molecule has 16 heavy (non-hydrogen) atoms. The van der Waals surface area contributed by atoms with Gasteiger partial charge in [0.05, 0.1) is 24.9 Å². The average molecular weight is 230 g/mol. The van der Waals surface area contributed by atoms with Crippen LogP contribution in [0, 0.1) is 0 Å². The number of rotatable bonds is 5. The minimum atomic E-state index is -0.288. The van der Waals surface area contributed by atoms with E-state index < -0.39 is 0 Å². The first-order valence-corrected chi connectivity index (χ1v) is 6.65. The summed E-state index contributed by atoms with van der Waals surface area (Å²) in [6.45, 7) is 5.35. The molecule has 0 aromatic carbocycles. The number of aliphatic hydroxyl groups excluding tert-OH is 1. The topological polar surface area (TPSA) is 38.7 Å². The van der Waals surface area contributed by atoms with Crippen molar-refractivity contribution in [2.75, 3.05) is 13.2 Å². The highest BCUT2D eigenvalue weighted by Crippen LogP contribution is 2.21. The van der Waals surface area contributed by atoms with Gasteiger partial charge >= 0.3 is 0 Å². The van der Waals surface area contributed by atoms with Gasteiger partial charge in [-0.15, -0.1) is 0 Å². The van der Waals surface area contributed by atoms with Gasteiger partial charge in [0.15, 0.2) is 0 Å². The summed E-state index contributed by atoms with van der Waals surface area (Å²) in [5.74, 6) is 0. The molecular weight excluding hydrogens is 204 g/mol. The van der Waals surface area contributed by atoms with E-state index in [2.05, 4.69) is 0 Å². The fourth-order valence-electron chi connectivity index (χ4n) is 2.21. The molecule has 1 aliphatic rings. The van der Waals surface area contributed by atoms with Gasteiger partial charge in [-0.25, -0.2) is 0 Å². The summed E-state index contributed by atoms with van der Waals surface area (Å²) in [6.07, 6.45) is 6.48. The van der Waals surface area contributed by atoms with Crippen molar-refractivity contribution in [2.24, 2.45) is 0 Å². The van der Waals surface area contributed by atoms with Gasteiger partial charge < -0.3 is 14.6 Å². The first kappa shape index (κ1) is 13.9. The molecule has 96 valence electrons. The molecule has 0 aliphatic heterocycles. The normalized spacial score (nSPS) is 29.4. The van der Waals surface area contributed by atoms with Crippen LogP contribution in [0.25, 0.3) is 0 Å². The van der Waals surface area contributed by atoms with Gasteiger partial charge in [-0.1, -0.05) is 25.7 Å². The third kappa shape index (κ3) is 5.28. The SMILES string of the molecule is CCOCC(C)OC1CCCCCCC1O. The van der Waals surface area contributed by atoms with Crippen molar-refractivity contribution in [1.29, 1.82) is 0 Å². The second kappa shape index (κ2) is 8.04. The zero-order valence-electron chi connectivity index (χ0n) is 10.7. The Morgan fingerprint density at radius 1 is 1.19 bits per heavy atom. The van der Waals surface area contributed by atoms with E-state index in [-0.39, 0.29) is 18.3 Å². The highest BCUT2D eigenvalue weighted by atomic mass is 16.5. The molecule has 3 atom stereocenters. The van der Waals surface area contributed by atoms with Crippen molar-refractivity contribution >= 4 is 0 Å². The fourth-order valence-corrected chi connectivity index (χ4v) is 2.21. The van der Waals surface area contributed by atoms with Crippen LogP contribution in [0.15, 0.2) is 0 Å². The second-order valence-electron chi connectivity index (χ2n) is 4.70. The second-order valence-corrected chi connectivity index (χ2v) is 4.70. The molecule has 3 unspecified atom stereocenters. The fraction of sp³-hybridized carbons (Fsp3) is 1.00. The van der Waals surface area contributed by atoms with E-state index in [0.29, 0.717) is 6.61 Å². The van der Waals surface area contributed by atoms with Crippen LogP contribution in [-0.2, 0) is 9.47 Å². The van der Waals surface area contributed by atoms with Crippen molar-refractivity contribution in [3.63, 3.8) is 0 Å². The van der Waals surface area contributed by atoms with E-state index >= 15 is 0 Å². The quantitative estimate of drug-likeness (QED) is 0.788. The third-order valence-corrected chi connectivity index (χ3v) is 3.13. The summed E-state index contributed by atoms with van der Waals surface area (Å²) in [5.41, 5.74) is 0. The number of ether oxygens (including phenoxy) is 2. The standard InChI is InChI=1S/C13H26O3/c1-3-15-10-11(2)16-13-9-7-5-4-6-8-12(13)14/h11-14H,3-10H2,1-2H3. The van der Waals surface area contributed by atoms with E-state index in [1.54, 1.807) is 0 Å². The molecule has 1 aliphatic carbocycles. The molecular formula is C13H26O3. The molecule has 0 radical (unpaired) electrons. The lowest BCUT2D eigenvalue weighted by molar-refractivity contribution is -0.101. The zero-order chi connectivity index (χ0) is 11.8. The minimum absolute atomic E-state index is 0.00996. The van der Waals surface area contributed by atoms with Crippen molar-refractivity contribution < 1.29 is 14.6 Å². The summed E-state index contributed by atoms with van der Waals surface area (Å²) in [6, 6.07) is 0. The van der Waals surface area contributed by atoms with Crippen LogP contribution >= 0.6 is 0 Å². The Morgan fingerprint density at radius 3 is 2.56 bits per heavy atom. The smallest absolute Gasteiger partial charge is 0.0838 e. The first-order chi connectivity index (χ1) is 7.74. The Bertz CT molecular complexity index is 173. The molecule has 3 heteroatoms. The Hall–Kier alpha value is -0.120. The van der Waals surface area contributed by atoms with E-state index in [1.165, 1.54) is 19.3 Å². The maximum Gasteiger partial charge on any atom is 0.0838 e. The van der Waals surface area contributed by atoms with Gasteiger partial charge in [-0.05, 0) is 26.7 Å². The van der Waals surface area contributed by atoms with E-state index in [9.17, 15) is 5.11 Å². The Morgan fingerprint density at radius 2 is 1.88 bits per heavy atom. The lowest BCUT2D eigenvalue weighted by atomic mass is 9.96. The lowest BCUT2D eigenvalue weighted by Crippen LogP contribution is -2.34. The van der Waals surface area contributed by atoms with Crippen LogP contribution in [0.1, 0.15) is 52.4 Å². The molecule has 0 heterocycles. The summed E-state index contributed by atoms with van der Waals surface area (Å²) in [7, 11) is 0. The number of aliphatic hydroxyl groups is 1. The molecule has 1 N–H and O–H groups in total. The monoisotopic (exact) mass is 230 g/mol. The summed E-state index contributed by atoms with van der Waals surface area (Å²) >= 11 is 0. The highest BCUT2D eigenvalue weighted by molar-refractivity contribution is 4.73. The molecule has 0 aromatic rings. The maximum atomic E-state index is 9.98. The van der Waals surface area contributed by atoms with E-state index in [1.807, 2.05) is 13.8 Å². The Kier molecular flexibility index (Phi) is 7.01. The Balaban J connectivity index is 2.30. The van der Waals surface area contributed by atoms with Crippen molar-refractivity contribution in [1.82, 2.24) is 0 Å². The van der Waals surface area contributed by atoms with Gasteiger partial charge in [0.1, 0.15) is 0 Å². The number of hydrogen-bond donors (Lipinski definition) is 1. The van der Waals surface area contributed by atoms with E-state index in [0.717, 1.165) is 25.9 Å². The molecule has 0 saturated heterocycles. The third-order valence-electron chi connectivity index (χ3n) is 3.13. The van der Waals surface area contributed by atoms with Gasteiger partial charge in [0.25, 0.3) is 0 Å². The van der Waals surface area contributed by atoms with Crippen LogP contribution in [0.4, 0.5) is 0 Å². The Labute approximate surface area is 99.1 Å². The molecule has 0 amide bonds. The van der Waals surface area contributed by atoms with Crippen LogP contribution in [0.3, 0.4) is 0 Å². The lowest BCUT2D eigenvalue weighted by Gasteiger charge is -2.28. The molecule has 0 bridgehead atoms. The highest BCUT2D eigenvalue weighted by Gasteiger charge is 2.23. The average Bonchev–Trinajstić information content (AvgIpc) is 2.26. The molecule has 1 rings (SSSR count). The summed E-state index contributed by atoms with van der Waals surface area (Å²) < 4.78 is 11.2. The minimum Gasteiger partial charge on any atom is -0.390 e. The van der Waals surface area contributed by atoms with Gasteiger partial charge in [-0.3, -0.25) is 0 Å².